The Labute approximate surface area is 120 Å². The number of amides is 1. The first-order chi connectivity index (χ1) is 8.54. The zero-order valence-corrected chi connectivity index (χ0v) is 12.6. The molecule has 0 aliphatic carbocycles. The molecule has 2 atom stereocenters. The quantitative estimate of drug-likeness (QED) is 0.892. The lowest BCUT2D eigenvalue weighted by atomic mass is 9.92. The number of halogens is 1. The minimum Gasteiger partial charge on any atom is -0.334 e. The van der Waals surface area contributed by atoms with Gasteiger partial charge in [0.05, 0.1) is 11.8 Å². The van der Waals surface area contributed by atoms with Crippen molar-refractivity contribution in [3.05, 3.63) is 17.5 Å². The lowest BCUT2D eigenvalue weighted by Crippen LogP contribution is -2.49. The molecule has 1 saturated heterocycles. The Morgan fingerprint density at radius 3 is 2.79 bits per heavy atom. The number of hydrogen-bond donors (Lipinski definition) is 1. The summed E-state index contributed by atoms with van der Waals surface area (Å²) in [5.41, 5.74) is 7.41. The lowest BCUT2D eigenvalue weighted by molar-refractivity contribution is 0.0573. The molecule has 1 aromatic rings. The summed E-state index contributed by atoms with van der Waals surface area (Å²) in [7, 11) is 1.85. The Bertz CT molecular complexity index is 446. The fraction of sp³-hybridized carbons (Fsp3) is 0.692. The Balaban J connectivity index is 0.00000180. The van der Waals surface area contributed by atoms with E-state index in [2.05, 4.69) is 12.0 Å². The summed E-state index contributed by atoms with van der Waals surface area (Å²) in [6.45, 7) is 5.48. The summed E-state index contributed by atoms with van der Waals surface area (Å²) in [6.07, 6.45) is 3.71. The van der Waals surface area contributed by atoms with Crippen LogP contribution in [0.25, 0.3) is 0 Å². The summed E-state index contributed by atoms with van der Waals surface area (Å²) in [6, 6.07) is 0.167. The van der Waals surface area contributed by atoms with E-state index in [-0.39, 0.29) is 24.4 Å². The molecule has 0 spiro atoms. The molecule has 1 aliphatic heterocycles. The maximum absolute atomic E-state index is 12.5. The van der Waals surface area contributed by atoms with Crippen LogP contribution < -0.4 is 5.73 Å². The molecule has 0 radical (unpaired) electrons. The van der Waals surface area contributed by atoms with Crippen molar-refractivity contribution in [3.63, 3.8) is 0 Å². The summed E-state index contributed by atoms with van der Waals surface area (Å²) >= 11 is 0. The number of carbonyl (C=O) groups is 1. The first-order valence-electron chi connectivity index (χ1n) is 6.54. The molecule has 2 heterocycles. The lowest BCUT2D eigenvalue weighted by Gasteiger charge is -2.37. The Hall–Kier alpha value is -1.07. The second-order valence-electron chi connectivity index (χ2n) is 5.28. The minimum atomic E-state index is 0. The largest absolute Gasteiger partial charge is 0.334 e. The van der Waals surface area contributed by atoms with Crippen molar-refractivity contribution in [2.75, 3.05) is 13.1 Å². The Kier molecular flexibility index (Phi) is 5.38. The van der Waals surface area contributed by atoms with Crippen molar-refractivity contribution in [2.24, 2.45) is 18.7 Å². The van der Waals surface area contributed by atoms with Crippen molar-refractivity contribution in [2.45, 2.75) is 32.7 Å². The molecule has 0 aromatic carbocycles. The van der Waals surface area contributed by atoms with Gasteiger partial charge in [-0.2, -0.15) is 5.10 Å². The van der Waals surface area contributed by atoms with Crippen LogP contribution in [0.4, 0.5) is 0 Å². The van der Waals surface area contributed by atoms with Gasteiger partial charge < -0.3 is 10.6 Å². The summed E-state index contributed by atoms with van der Waals surface area (Å²) in [5, 5.41) is 4.14. The highest BCUT2D eigenvalue weighted by molar-refractivity contribution is 5.95. The molecule has 1 fully saturated rings. The fourth-order valence-electron chi connectivity index (χ4n) is 2.61. The third-order valence-electron chi connectivity index (χ3n) is 3.98. The average molecular weight is 287 g/mol. The molecule has 0 saturated carbocycles. The number of likely N-dealkylation sites (tertiary alicyclic amines) is 1. The zero-order valence-electron chi connectivity index (χ0n) is 11.8. The van der Waals surface area contributed by atoms with Crippen LogP contribution in [0.3, 0.4) is 0 Å². The molecular formula is C13H23ClN4O. The Morgan fingerprint density at radius 2 is 2.26 bits per heavy atom. The van der Waals surface area contributed by atoms with Crippen LogP contribution in [0.1, 0.15) is 35.8 Å². The first-order valence-corrected chi connectivity index (χ1v) is 6.54. The van der Waals surface area contributed by atoms with Gasteiger partial charge in [-0.15, -0.1) is 12.4 Å². The van der Waals surface area contributed by atoms with Crippen LogP contribution in [0.5, 0.6) is 0 Å². The van der Waals surface area contributed by atoms with Gasteiger partial charge in [-0.05, 0) is 25.7 Å². The second kappa shape index (κ2) is 6.39. The zero-order chi connectivity index (χ0) is 13.3. The second-order valence-corrected chi connectivity index (χ2v) is 5.28. The average Bonchev–Trinajstić information content (AvgIpc) is 2.69. The van der Waals surface area contributed by atoms with Crippen LogP contribution in [0.2, 0.25) is 0 Å². The SMILES string of the molecule is Cc1c(C(=O)N2CCC(C)CC2CN)cnn1C.Cl. The number of carbonyl (C=O) groups excluding carboxylic acids is 1. The molecule has 19 heavy (non-hydrogen) atoms. The van der Waals surface area contributed by atoms with Crippen molar-refractivity contribution in [3.8, 4) is 0 Å². The van der Waals surface area contributed by atoms with Crippen molar-refractivity contribution < 1.29 is 4.79 Å². The summed E-state index contributed by atoms with van der Waals surface area (Å²) in [4.78, 5) is 14.4. The topological polar surface area (TPSA) is 64.2 Å². The van der Waals surface area contributed by atoms with Gasteiger partial charge >= 0.3 is 0 Å². The smallest absolute Gasteiger partial charge is 0.257 e. The molecule has 1 aromatic heterocycles. The van der Waals surface area contributed by atoms with Crippen LogP contribution in [0, 0.1) is 12.8 Å². The number of rotatable bonds is 2. The van der Waals surface area contributed by atoms with E-state index in [1.54, 1.807) is 10.9 Å². The van der Waals surface area contributed by atoms with E-state index in [0.717, 1.165) is 25.1 Å². The van der Waals surface area contributed by atoms with E-state index in [1.807, 2.05) is 18.9 Å². The molecule has 108 valence electrons. The first kappa shape index (κ1) is 16.0. The molecule has 2 rings (SSSR count). The van der Waals surface area contributed by atoms with E-state index in [1.165, 1.54) is 0 Å². The number of piperidine rings is 1. The molecule has 5 nitrogen and oxygen atoms in total. The third kappa shape index (κ3) is 3.09. The van der Waals surface area contributed by atoms with Crippen LogP contribution in [0.15, 0.2) is 6.20 Å². The molecular weight excluding hydrogens is 264 g/mol. The minimum absolute atomic E-state index is 0. The molecule has 1 amide bonds. The number of nitrogens with zero attached hydrogens (tertiary/aromatic N) is 3. The van der Waals surface area contributed by atoms with Gasteiger partial charge in [0.2, 0.25) is 0 Å². The van der Waals surface area contributed by atoms with E-state index in [4.69, 9.17) is 5.73 Å². The van der Waals surface area contributed by atoms with Crippen molar-refractivity contribution in [1.29, 1.82) is 0 Å². The fourth-order valence-corrected chi connectivity index (χ4v) is 2.61. The third-order valence-corrected chi connectivity index (χ3v) is 3.98. The molecule has 2 unspecified atom stereocenters. The van der Waals surface area contributed by atoms with Crippen molar-refractivity contribution >= 4 is 18.3 Å². The highest BCUT2D eigenvalue weighted by Crippen LogP contribution is 2.24. The molecule has 1 aliphatic rings. The van der Waals surface area contributed by atoms with Gasteiger partial charge in [0.1, 0.15) is 0 Å². The molecule has 0 bridgehead atoms. The summed E-state index contributed by atoms with van der Waals surface area (Å²) in [5.74, 6) is 0.723. The van der Waals surface area contributed by atoms with E-state index >= 15 is 0 Å². The van der Waals surface area contributed by atoms with Gasteiger partial charge in [0, 0.05) is 31.9 Å². The summed E-state index contributed by atoms with van der Waals surface area (Å²) < 4.78 is 1.73. The molecule has 6 heteroatoms. The predicted molar refractivity (Wildman–Crippen MR) is 77.5 cm³/mol. The molecule has 2 N–H and O–H groups in total. The van der Waals surface area contributed by atoms with E-state index in [0.29, 0.717) is 18.0 Å². The highest BCUT2D eigenvalue weighted by atomic mass is 35.5. The number of nitrogens with two attached hydrogens (primary N) is 1. The van der Waals surface area contributed by atoms with E-state index < -0.39 is 0 Å². The standard InChI is InChI=1S/C13H22N4O.ClH/c1-9-4-5-17(11(6-9)7-14)13(18)12-8-15-16(3)10(12)2;/h8-9,11H,4-7,14H2,1-3H3;1H. The van der Waals surface area contributed by atoms with Crippen molar-refractivity contribution in [1.82, 2.24) is 14.7 Å². The predicted octanol–water partition coefficient (Wildman–Crippen LogP) is 1.35. The number of aryl methyl sites for hydroxylation is 1. The number of hydrogen-bond acceptors (Lipinski definition) is 3. The van der Waals surface area contributed by atoms with E-state index in [9.17, 15) is 4.79 Å². The van der Waals surface area contributed by atoms with Crippen LogP contribution in [-0.4, -0.2) is 39.7 Å². The Morgan fingerprint density at radius 1 is 1.58 bits per heavy atom. The van der Waals surface area contributed by atoms with Gasteiger partial charge in [-0.3, -0.25) is 9.48 Å². The van der Waals surface area contributed by atoms with Crippen LogP contribution in [-0.2, 0) is 7.05 Å². The van der Waals surface area contributed by atoms with Gasteiger partial charge in [-0.25, -0.2) is 0 Å². The number of aromatic nitrogens is 2. The maximum atomic E-state index is 12.5. The highest BCUT2D eigenvalue weighted by Gasteiger charge is 2.30. The normalized spacial score (nSPS) is 23.1. The van der Waals surface area contributed by atoms with Crippen LogP contribution >= 0.6 is 12.4 Å². The van der Waals surface area contributed by atoms with Gasteiger partial charge in [-0.1, -0.05) is 6.92 Å². The van der Waals surface area contributed by atoms with Gasteiger partial charge in [0.25, 0.3) is 5.91 Å². The maximum Gasteiger partial charge on any atom is 0.257 e. The monoisotopic (exact) mass is 286 g/mol. The van der Waals surface area contributed by atoms with Gasteiger partial charge in [0.15, 0.2) is 0 Å².